The molecule has 0 aliphatic rings. The zero-order valence-electron chi connectivity index (χ0n) is 13.2. The monoisotopic (exact) mass is 359 g/mol. The fourth-order valence-electron chi connectivity index (χ4n) is 2.17. The van der Waals surface area contributed by atoms with E-state index in [1.807, 2.05) is 0 Å². The molecule has 3 rings (SSSR count). The topological polar surface area (TPSA) is 73.2 Å². The van der Waals surface area contributed by atoms with E-state index in [9.17, 15) is 14.0 Å². The van der Waals surface area contributed by atoms with Crippen LogP contribution in [0.15, 0.2) is 48.7 Å². The molecule has 1 N–H and O–H groups in total. The predicted octanol–water partition coefficient (Wildman–Crippen LogP) is 3.18. The van der Waals surface area contributed by atoms with Crippen LogP contribution < -0.4 is 5.32 Å². The molecule has 0 unspecified atom stereocenters. The highest BCUT2D eigenvalue weighted by Gasteiger charge is 2.13. The summed E-state index contributed by atoms with van der Waals surface area (Å²) in [6.45, 7) is -0.0520. The number of aromatic nitrogens is 2. The van der Waals surface area contributed by atoms with E-state index in [1.54, 1.807) is 36.5 Å². The third-order valence-corrected chi connectivity index (χ3v) is 4.43. The number of hydrogen-bond donors (Lipinski definition) is 1. The lowest BCUT2D eigenvalue weighted by atomic mass is 10.3. The average Bonchev–Trinajstić information content (AvgIpc) is 3.25. The summed E-state index contributed by atoms with van der Waals surface area (Å²) in [6.07, 6.45) is 1.65. The van der Waals surface area contributed by atoms with Crippen LogP contribution in [0.3, 0.4) is 0 Å². The minimum Gasteiger partial charge on any atom is -0.465 e. The largest absolute Gasteiger partial charge is 0.465 e. The number of halogens is 1. The number of rotatable bonds is 5. The molecule has 0 spiro atoms. The van der Waals surface area contributed by atoms with Gasteiger partial charge in [0.15, 0.2) is 0 Å². The third-order valence-electron chi connectivity index (χ3n) is 3.34. The molecular weight excluding hydrogens is 345 g/mol. The number of benzene rings is 1. The van der Waals surface area contributed by atoms with Gasteiger partial charge >= 0.3 is 5.97 Å². The van der Waals surface area contributed by atoms with E-state index in [4.69, 9.17) is 0 Å². The molecule has 128 valence electrons. The van der Waals surface area contributed by atoms with Crippen LogP contribution in [-0.2, 0) is 16.1 Å². The van der Waals surface area contributed by atoms with E-state index in [1.165, 1.54) is 35.3 Å². The summed E-state index contributed by atoms with van der Waals surface area (Å²) < 4.78 is 19.7. The van der Waals surface area contributed by atoms with Crippen molar-refractivity contribution in [1.29, 1.82) is 0 Å². The zero-order valence-corrected chi connectivity index (χ0v) is 14.0. The van der Waals surface area contributed by atoms with Crippen molar-refractivity contribution in [2.24, 2.45) is 0 Å². The molecule has 25 heavy (non-hydrogen) atoms. The number of amides is 1. The Balaban J connectivity index is 1.67. The van der Waals surface area contributed by atoms with Crippen LogP contribution in [0, 0.1) is 5.82 Å². The summed E-state index contributed by atoms with van der Waals surface area (Å²) >= 11 is 1.25. The lowest BCUT2D eigenvalue weighted by Crippen LogP contribution is -2.19. The number of carbonyl (C=O) groups is 2. The molecular formula is C17H14FN3O3S. The van der Waals surface area contributed by atoms with Crippen LogP contribution >= 0.6 is 11.3 Å². The molecule has 3 aromatic rings. The first-order valence-corrected chi connectivity index (χ1v) is 8.15. The summed E-state index contributed by atoms with van der Waals surface area (Å²) in [5.74, 6) is -1.29. The van der Waals surface area contributed by atoms with Crippen LogP contribution in [0.4, 0.5) is 10.1 Å². The normalized spacial score (nSPS) is 10.5. The van der Waals surface area contributed by atoms with E-state index in [0.29, 0.717) is 10.6 Å². The third kappa shape index (κ3) is 3.92. The quantitative estimate of drug-likeness (QED) is 0.710. The fourth-order valence-corrected chi connectivity index (χ4v) is 3.06. The standard InChI is InChI=1S/C17H14FN3O3S/c1-24-17(23)15-7-6-14(25-15)13-8-9-21(20-13)10-16(22)19-12-5-3-2-4-11(12)18/h2-9H,10H2,1H3,(H,19,22). The van der Waals surface area contributed by atoms with Crippen molar-refractivity contribution in [3.05, 3.63) is 59.4 Å². The van der Waals surface area contributed by atoms with Gasteiger partial charge in [-0.2, -0.15) is 5.10 Å². The zero-order chi connectivity index (χ0) is 17.8. The van der Waals surface area contributed by atoms with Gasteiger partial charge in [0.25, 0.3) is 0 Å². The van der Waals surface area contributed by atoms with E-state index in [2.05, 4.69) is 15.2 Å². The summed E-state index contributed by atoms with van der Waals surface area (Å²) in [5, 5.41) is 6.80. The highest BCUT2D eigenvalue weighted by atomic mass is 32.1. The number of anilines is 1. The molecule has 0 saturated carbocycles. The predicted molar refractivity (Wildman–Crippen MR) is 91.9 cm³/mol. The maximum Gasteiger partial charge on any atom is 0.348 e. The van der Waals surface area contributed by atoms with Crippen molar-refractivity contribution in [2.75, 3.05) is 12.4 Å². The van der Waals surface area contributed by atoms with E-state index < -0.39 is 11.8 Å². The highest BCUT2D eigenvalue weighted by Crippen LogP contribution is 2.27. The van der Waals surface area contributed by atoms with Crippen LogP contribution in [0.1, 0.15) is 9.67 Å². The molecule has 1 aromatic carbocycles. The van der Waals surface area contributed by atoms with Crippen molar-refractivity contribution in [1.82, 2.24) is 9.78 Å². The summed E-state index contributed by atoms with van der Waals surface area (Å²) in [7, 11) is 1.32. The number of esters is 1. The number of para-hydroxylation sites is 1. The second-order valence-electron chi connectivity index (χ2n) is 5.08. The molecule has 0 aliphatic carbocycles. The molecule has 8 heteroatoms. The van der Waals surface area contributed by atoms with Gasteiger partial charge in [0.05, 0.1) is 17.7 Å². The molecule has 1 amide bonds. The van der Waals surface area contributed by atoms with Crippen molar-refractivity contribution in [3.63, 3.8) is 0 Å². The molecule has 0 bridgehead atoms. The molecule has 0 atom stereocenters. The first kappa shape index (κ1) is 16.8. The molecule has 0 radical (unpaired) electrons. The lowest BCUT2D eigenvalue weighted by Gasteiger charge is -2.06. The fraction of sp³-hybridized carbons (Fsp3) is 0.118. The lowest BCUT2D eigenvalue weighted by molar-refractivity contribution is -0.116. The van der Waals surface area contributed by atoms with Gasteiger partial charge in [0, 0.05) is 6.20 Å². The number of ether oxygens (including phenoxy) is 1. The number of thiophene rings is 1. The maximum absolute atomic E-state index is 13.5. The van der Waals surface area contributed by atoms with Crippen molar-refractivity contribution < 1.29 is 18.7 Å². The Morgan fingerprint density at radius 1 is 1.24 bits per heavy atom. The molecule has 2 aromatic heterocycles. The average molecular weight is 359 g/mol. The Labute approximate surface area is 146 Å². The van der Waals surface area contributed by atoms with Gasteiger partial charge in [-0.1, -0.05) is 12.1 Å². The molecule has 6 nitrogen and oxygen atoms in total. The van der Waals surface area contributed by atoms with Crippen molar-refractivity contribution in [2.45, 2.75) is 6.54 Å². The van der Waals surface area contributed by atoms with Crippen LogP contribution in [0.2, 0.25) is 0 Å². The Morgan fingerprint density at radius 3 is 2.80 bits per heavy atom. The summed E-state index contributed by atoms with van der Waals surface area (Å²) in [5.41, 5.74) is 0.764. The second-order valence-corrected chi connectivity index (χ2v) is 6.17. The van der Waals surface area contributed by atoms with Gasteiger partial charge in [-0.05, 0) is 30.3 Å². The molecule has 2 heterocycles. The second kappa shape index (κ2) is 7.27. The van der Waals surface area contributed by atoms with Gasteiger partial charge in [-0.25, -0.2) is 9.18 Å². The highest BCUT2D eigenvalue weighted by molar-refractivity contribution is 7.17. The van der Waals surface area contributed by atoms with Crippen LogP contribution in [0.25, 0.3) is 10.6 Å². The first-order valence-electron chi connectivity index (χ1n) is 7.33. The number of carbonyl (C=O) groups excluding carboxylic acids is 2. The van der Waals surface area contributed by atoms with Crippen LogP contribution in [-0.4, -0.2) is 28.8 Å². The number of nitrogens with zero attached hydrogens (tertiary/aromatic N) is 2. The Hall–Kier alpha value is -3.00. The Kier molecular flexibility index (Phi) is 4.90. The minimum absolute atomic E-state index is 0.0520. The minimum atomic E-state index is -0.495. The Bertz CT molecular complexity index is 919. The number of hydrogen-bond acceptors (Lipinski definition) is 5. The van der Waals surface area contributed by atoms with Gasteiger partial charge in [-0.15, -0.1) is 11.3 Å². The van der Waals surface area contributed by atoms with Gasteiger partial charge < -0.3 is 10.1 Å². The smallest absolute Gasteiger partial charge is 0.348 e. The summed E-state index contributed by atoms with van der Waals surface area (Å²) in [4.78, 5) is 24.8. The maximum atomic E-state index is 13.5. The van der Waals surface area contributed by atoms with E-state index in [-0.39, 0.29) is 18.1 Å². The van der Waals surface area contributed by atoms with Gasteiger partial charge in [-0.3, -0.25) is 9.48 Å². The summed E-state index contributed by atoms with van der Waals surface area (Å²) in [6, 6.07) is 11.1. The molecule has 0 saturated heterocycles. The van der Waals surface area contributed by atoms with Crippen molar-refractivity contribution >= 4 is 28.9 Å². The van der Waals surface area contributed by atoms with Gasteiger partial charge in [0.1, 0.15) is 22.9 Å². The van der Waals surface area contributed by atoms with Gasteiger partial charge in [0.2, 0.25) is 5.91 Å². The number of methoxy groups -OCH3 is 1. The molecule has 0 fully saturated rings. The van der Waals surface area contributed by atoms with E-state index in [0.717, 1.165) is 4.88 Å². The number of nitrogens with one attached hydrogen (secondary N) is 1. The van der Waals surface area contributed by atoms with E-state index >= 15 is 0 Å². The first-order chi connectivity index (χ1) is 12.1. The van der Waals surface area contributed by atoms with Crippen LogP contribution in [0.5, 0.6) is 0 Å². The Morgan fingerprint density at radius 2 is 2.04 bits per heavy atom. The molecule has 0 aliphatic heterocycles. The van der Waals surface area contributed by atoms with Crippen molar-refractivity contribution in [3.8, 4) is 10.6 Å². The SMILES string of the molecule is COC(=O)c1ccc(-c2ccn(CC(=O)Nc3ccccc3F)n2)s1.